The molecule has 0 fully saturated rings. The molecule has 0 aliphatic rings. The van der Waals surface area contributed by atoms with E-state index < -0.39 is 11.7 Å². The third kappa shape index (κ3) is 4.54. The molecular formula is C15H19N3O2S. The zero-order valence-corrected chi connectivity index (χ0v) is 13.2. The summed E-state index contributed by atoms with van der Waals surface area (Å²) in [5, 5.41) is 3.98. The lowest BCUT2D eigenvalue weighted by Gasteiger charge is -2.24. The molecule has 0 bridgehead atoms. The van der Waals surface area contributed by atoms with E-state index in [1.54, 1.807) is 17.5 Å². The predicted molar refractivity (Wildman–Crippen MR) is 83.5 cm³/mol. The van der Waals surface area contributed by atoms with Crippen molar-refractivity contribution in [2.24, 2.45) is 5.84 Å². The Kier molecular flexibility index (Phi) is 4.59. The van der Waals surface area contributed by atoms with E-state index in [4.69, 9.17) is 10.6 Å². The number of thiazole rings is 1. The molecule has 0 spiro atoms. The van der Waals surface area contributed by atoms with E-state index in [1.807, 2.05) is 50.4 Å². The number of rotatable bonds is 3. The lowest BCUT2D eigenvalue weighted by atomic mass is 10.1. The zero-order chi connectivity index (χ0) is 15.5. The molecular weight excluding hydrogens is 286 g/mol. The van der Waals surface area contributed by atoms with Gasteiger partial charge in [0.05, 0.1) is 6.54 Å². The fraction of sp³-hybridized carbons (Fsp3) is 0.333. The molecule has 0 aliphatic carbocycles. The van der Waals surface area contributed by atoms with Gasteiger partial charge in [-0.05, 0) is 26.3 Å². The summed E-state index contributed by atoms with van der Waals surface area (Å²) < 4.78 is 5.21. The Balaban J connectivity index is 1.98. The topological polar surface area (TPSA) is 68.5 Å². The predicted octanol–water partition coefficient (Wildman–Crippen LogP) is 3.42. The van der Waals surface area contributed by atoms with E-state index in [1.165, 1.54) is 0 Å². The third-order valence-corrected chi connectivity index (χ3v) is 3.44. The molecule has 0 radical (unpaired) electrons. The van der Waals surface area contributed by atoms with Gasteiger partial charge in [0.1, 0.15) is 10.6 Å². The van der Waals surface area contributed by atoms with Crippen LogP contribution < -0.4 is 5.84 Å². The smallest absolute Gasteiger partial charge is 0.424 e. The van der Waals surface area contributed by atoms with E-state index in [0.717, 1.165) is 21.1 Å². The largest absolute Gasteiger partial charge is 0.443 e. The van der Waals surface area contributed by atoms with Crippen molar-refractivity contribution in [3.8, 4) is 10.6 Å². The van der Waals surface area contributed by atoms with Gasteiger partial charge < -0.3 is 4.74 Å². The van der Waals surface area contributed by atoms with Crippen LogP contribution in [-0.4, -0.2) is 21.7 Å². The summed E-state index contributed by atoms with van der Waals surface area (Å²) in [6.07, 6.45) is 1.24. The fourth-order valence-corrected chi connectivity index (χ4v) is 2.35. The first-order valence-electron chi connectivity index (χ1n) is 6.59. The van der Waals surface area contributed by atoms with Crippen molar-refractivity contribution in [2.45, 2.75) is 32.9 Å². The first-order chi connectivity index (χ1) is 9.85. The molecule has 0 atom stereocenters. The van der Waals surface area contributed by atoms with Crippen molar-refractivity contribution in [3.05, 3.63) is 41.4 Å². The van der Waals surface area contributed by atoms with Gasteiger partial charge in [-0.3, -0.25) is 0 Å². The molecule has 1 aromatic heterocycles. The minimum atomic E-state index is -0.552. The highest BCUT2D eigenvalue weighted by molar-refractivity contribution is 7.13. The van der Waals surface area contributed by atoms with Gasteiger partial charge >= 0.3 is 6.09 Å². The Morgan fingerprint density at radius 3 is 2.52 bits per heavy atom. The normalized spacial score (nSPS) is 11.2. The van der Waals surface area contributed by atoms with Crippen molar-refractivity contribution < 1.29 is 9.53 Å². The maximum Gasteiger partial charge on any atom is 0.424 e. The van der Waals surface area contributed by atoms with Crippen LogP contribution >= 0.6 is 11.3 Å². The van der Waals surface area contributed by atoms with Crippen LogP contribution in [0.15, 0.2) is 35.8 Å². The number of aromatic nitrogens is 1. The maximum absolute atomic E-state index is 11.8. The number of hydrogen-bond acceptors (Lipinski definition) is 5. The van der Waals surface area contributed by atoms with Crippen molar-refractivity contribution in [1.82, 2.24) is 9.99 Å². The summed E-state index contributed by atoms with van der Waals surface area (Å²) in [6.45, 7) is 5.72. The van der Waals surface area contributed by atoms with Crippen molar-refractivity contribution in [2.75, 3.05) is 0 Å². The average Bonchev–Trinajstić information content (AvgIpc) is 2.91. The lowest BCUT2D eigenvalue weighted by molar-refractivity contribution is 0.0231. The van der Waals surface area contributed by atoms with Crippen LogP contribution in [0.2, 0.25) is 0 Å². The monoisotopic (exact) mass is 305 g/mol. The minimum absolute atomic E-state index is 0.299. The number of ether oxygens (including phenoxy) is 1. The Bertz CT molecular complexity index is 588. The minimum Gasteiger partial charge on any atom is -0.443 e. The molecule has 21 heavy (non-hydrogen) atoms. The quantitative estimate of drug-likeness (QED) is 0.536. The Morgan fingerprint density at radius 1 is 1.33 bits per heavy atom. The van der Waals surface area contributed by atoms with Gasteiger partial charge in [0.2, 0.25) is 0 Å². The van der Waals surface area contributed by atoms with E-state index in [2.05, 4.69) is 4.98 Å². The standard InChI is InChI=1S/C15H19N3O2S/c1-15(2,3)20-14(19)18(16)10-11-4-6-12(7-5-11)13-17-8-9-21-13/h4-9H,10,16H2,1-3H3. The fourth-order valence-electron chi connectivity index (χ4n) is 1.70. The lowest BCUT2D eigenvalue weighted by Crippen LogP contribution is -2.40. The third-order valence-electron chi connectivity index (χ3n) is 2.61. The summed E-state index contributed by atoms with van der Waals surface area (Å²) in [7, 11) is 0. The molecule has 2 rings (SSSR count). The second kappa shape index (κ2) is 6.24. The van der Waals surface area contributed by atoms with E-state index in [9.17, 15) is 4.79 Å². The van der Waals surface area contributed by atoms with Crippen molar-refractivity contribution in [1.29, 1.82) is 0 Å². The summed E-state index contributed by atoms with van der Waals surface area (Å²) in [5.74, 6) is 5.74. The molecule has 2 N–H and O–H groups in total. The van der Waals surface area contributed by atoms with Gasteiger partial charge in [-0.1, -0.05) is 24.3 Å². The van der Waals surface area contributed by atoms with Crippen LogP contribution in [0.1, 0.15) is 26.3 Å². The van der Waals surface area contributed by atoms with Gasteiger partial charge in [0, 0.05) is 17.1 Å². The van der Waals surface area contributed by atoms with Gasteiger partial charge in [-0.2, -0.15) is 0 Å². The molecule has 0 saturated heterocycles. The van der Waals surface area contributed by atoms with Gasteiger partial charge in [-0.25, -0.2) is 20.6 Å². The average molecular weight is 305 g/mol. The molecule has 0 aliphatic heterocycles. The van der Waals surface area contributed by atoms with Crippen LogP contribution in [0, 0.1) is 0 Å². The highest BCUT2D eigenvalue weighted by atomic mass is 32.1. The van der Waals surface area contributed by atoms with Crippen LogP contribution in [0.25, 0.3) is 10.6 Å². The van der Waals surface area contributed by atoms with Crippen LogP contribution in [0.3, 0.4) is 0 Å². The summed E-state index contributed by atoms with van der Waals surface area (Å²) in [4.78, 5) is 16.0. The molecule has 1 amide bonds. The van der Waals surface area contributed by atoms with E-state index >= 15 is 0 Å². The van der Waals surface area contributed by atoms with Crippen molar-refractivity contribution in [3.63, 3.8) is 0 Å². The molecule has 0 saturated carbocycles. The molecule has 1 heterocycles. The highest BCUT2D eigenvalue weighted by Gasteiger charge is 2.20. The highest BCUT2D eigenvalue weighted by Crippen LogP contribution is 2.22. The number of carbonyl (C=O) groups excluding carboxylic acids is 1. The van der Waals surface area contributed by atoms with Gasteiger partial charge in [-0.15, -0.1) is 11.3 Å². The molecule has 112 valence electrons. The summed E-state index contributed by atoms with van der Waals surface area (Å²) in [5.41, 5.74) is 1.43. The van der Waals surface area contributed by atoms with Gasteiger partial charge in [0.15, 0.2) is 0 Å². The second-order valence-electron chi connectivity index (χ2n) is 5.64. The number of carbonyl (C=O) groups is 1. The second-order valence-corrected chi connectivity index (χ2v) is 6.54. The first kappa shape index (κ1) is 15.5. The van der Waals surface area contributed by atoms with E-state index in [-0.39, 0.29) is 0 Å². The number of hydrazine groups is 1. The number of amides is 1. The van der Waals surface area contributed by atoms with Gasteiger partial charge in [0.25, 0.3) is 0 Å². The van der Waals surface area contributed by atoms with Crippen LogP contribution in [0.5, 0.6) is 0 Å². The number of nitrogens with two attached hydrogens (primary N) is 1. The summed E-state index contributed by atoms with van der Waals surface area (Å²) in [6, 6.07) is 7.80. The molecule has 6 heteroatoms. The number of nitrogens with zero attached hydrogens (tertiary/aromatic N) is 2. The number of hydrogen-bond donors (Lipinski definition) is 1. The molecule has 0 unspecified atom stereocenters. The maximum atomic E-state index is 11.8. The first-order valence-corrected chi connectivity index (χ1v) is 7.47. The van der Waals surface area contributed by atoms with Crippen LogP contribution in [0.4, 0.5) is 4.79 Å². The SMILES string of the molecule is CC(C)(C)OC(=O)N(N)Cc1ccc(-c2nccs2)cc1. The molecule has 2 aromatic rings. The zero-order valence-electron chi connectivity index (χ0n) is 12.4. The number of benzene rings is 1. The summed E-state index contributed by atoms with van der Waals surface area (Å²) >= 11 is 1.59. The Hall–Kier alpha value is -1.92. The van der Waals surface area contributed by atoms with Crippen LogP contribution in [-0.2, 0) is 11.3 Å². The van der Waals surface area contributed by atoms with E-state index in [0.29, 0.717) is 6.54 Å². The Morgan fingerprint density at radius 2 is 2.00 bits per heavy atom. The van der Waals surface area contributed by atoms with Crippen molar-refractivity contribution >= 4 is 17.4 Å². The molecule has 5 nitrogen and oxygen atoms in total. The Labute approximate surface area is 128 Å². The molecule has 1 aromatic carbocycles.